The fourth-order valence-corrected chi connectivity index (χ4v) is 2.32. The van der Waals surface area contributed by atoms with Crippen LogP contribution in [0, 0.1) is 6.92 Å². The minimum Gasteiger partial charge on any atom is -0.508 e. The molecule has 0 saturated carbocycles. The Bertz CT molecular complexity index is 778. The molecule has 0 fully saturated rings. The number of phenolic OH excluding ortho intramolecular Hbond substituents is 1. The Morgan fingerprint density at radius 2 is 1.91 bits per heavy atom. The van der Waals surface area contributed by atoms with E-state index >= 15 is 0 Å². The molecule has 4 nitrogen and oxygen atoms in total. The van der Waals surface area contributed by atoms with E-state index in [2.05, 4.69) is 15.8 Å². The summed E-state index contributed by atoms with van der Waals surface area (Å²) in [5.74, 6) is 0.252. The number of hydrogen-bond donors (Lipinski definition) is 3. The van der Waals surface area contributed by atoms with E-state index in [0.717, 1.165) is 16.8 Å². The van der Waals surface area contributed by atoms with Crippen molar-refractivity contribution in [3.05, 3.63) is 57.6 Å². The van der Waals surface area contributed by atoms with Crippen molar-refractivity contribution in [1.29, 1.82) is 0 Å². The fraction of sp³-hybridized carbons (Fsp3) is 0.125. The van der Waals surface area contributed by atoms with Gasteiger partial charge in [-0.05, 0) is 73.6 Å². The van der Waals surface area contributed by atoms with Gasteiger partial charge in [0.15, 0.2) is 5.11 Å². The monoisotopic (exact) mass is 367 g/mol. The number of aryl methyl sites for hydroxylation is 1. The van der Waals surface area contributed by atoms with Gasteiger partial charge in [0.05, 0.1) is 16.4 Å². The smallest absolute Gasteiger partial charge is 0.191 e. The molecule has 0 bridgehead atoms. The second kappa shape index (κ2) is 7.64. The van der Waals surface area contributed by atoms with Crippen molar-refractivity contribution in [2.45, 2.75) is 13.8 Å². The molecule has 120 valence electrons. The highest BCUT2D eigenvalue weighted by molar-refractivity contribution is 7.80. The van der Waals surface area contributed by atoms with Crippen LogP contribution in [0.5, 0.6) is 5.75 Å². The van der Waals surface area contributed by atoms with Gasteiger partial charge in [-0.25, -0.2) is 0 Å². The summed E-state index contributed by atoms with van der Waals surface area (Å²) >= 11 is 17.2. The predicted octanol–water partition coefficient (Wildman–Crippen LogP) is 4.72. The molecule has 2 aromatic rings. The second-order valence-electron chi connectivity index (χ2n) is 4.89. The number of phenols is 1. The maximum Gasteiger partial charge on any atom is 0.191 e. The maximum absolute atomic E-state index is 9.55. The van der Waals surface area contributed by atoms with Gasteiger partial charge in [-0.3, -0.25) is 5.43 Å². The number of anilines is 1. The van der Waals surface area contributed by atoms with Crippen LogP contribution < -0.4 is 10.7 Å². The Morgan fingerprint density at radius 1 is 1.17 bits per heavy atom. The summed E-state index contributed by atoms with van der Waals surface area (Å²) in [5.41, 5.74) is 5.75. The SMILES string of the molecule is CC(=NNC(=S)Nc1cc(Cl)ccc1Cl)c1ccc(O)c(C)c1. The van der Waals surface area contributed by atoms with E-state index in [4.69, 9.17) is 35.4 Å². The molecular weight excluding hydrogens is 353 g/mol. The average molecular weight is 368 g/mol. The molecule has 0 aliphatic rings. The lowest BCUT2D eigenvalue weighted by Crippen LogP contribution is -2.25. The summed E-state index contributed by atoms with van der Waals surface area (Å²) in [5, 5.41) is 18.1. The molecule has 0 heterocycles. The molecular formula is C16H15Cl2N3OS. The topological polar surface area (TPSA) is 56.7 Å². The van der Waals surface area contributed by atoms with Crippen molar-refractivity contribution in [2.24, 2.45) is 5.10 Å². The fourth-order valence-electron chi connectivity index (χ4n) is 1.82. The lowest BCUT2D eigenvalue weighted by atomic mass is 10.1. The molecule has 3 N–H and O–H groups in total. The Hall–Kier alpha value is -1.82. The largest absolute Gasteiger partial charge is 0.508 e. The summed E-state index contributed by atoms with van der Waals surface area (Å²) in [6, 6.07) is 10.3. The molecule has 0 aliphatic carbocycles. The molecule has 0 aliphatic heterocycles. The van der Waals surface area contributed by atoms with E-state index in [1.807, 2.05) is 19.9 Å². The van der Waals surface area contributed by atoms with Crippen LogP contribution in [0.3, 0.4) is 0 Å². The maximum atomic E-state index is 9.55. The van der Waals surface area contributed by atoms with Gasteiger partial charge in [-0.2, -0.15) is 5.10 Å². The summed E-state index contributed by atoms with van der Waals surface area (Å²) in [6.07, 6.45) is 0. The molecule has 0 unspecified atom stereocenters. The third-order valence-corrected chi connectivity index (χ3v) is 3.87. The quantitative estimate of drug-likeness (QED) is 0.417. The van der Waals surface area contributed by atoms with Gasteiger partial charge in [0.1, 0.15) is 5.75 Å². The number of benzene rings is 2. The Morgan fingerprint density at radius 3 is 2.61 bits per heavy atom. The van der Waals surface area contributed by atoms with E-state index in [-0.39, 0.29) is 5.75 Å². The number of thiocarbonyl (C=S) groups is 1. The zero-order valence-electron chi connectivity index (χ0n) is 12.5. The third kappa shape index (κ3) is 4.82. The number of rotatable bonds is 3. The molecule has 2 aromatic carbocycles. The summed E-state index contributed by atoms with van der Waals surface area (Å²) in [4.78, 5) is 0. The van der Waals surface area contributed by atoms with Gasteiger partial charge in [-0.1, -0.05) is 23.2 Å². The third-order valence-electron chi connectivity index (χ3n) is 3.12. The van der Waals surface area contributed by atoms with Crippen LogP contribution in [0.1, 0.15) is 18.1 Å². The van der Waals surface area contributed by atoms with Crippen LogP contribution in [0.2, 0.25) is 10.0 Å². The van der Waals surface area contributed by atoms with Gasteiger partial charge >= 0.3 is 0 Å². The number of aromatic hydroxyl groups is 1. The first kappa shape index (κ1) is 17.5. The van der Waals surface area contributed by atoms with Crippen LogP contribution in [-0.4, -0.2) is 15.9 Å². The minimum absolute atomic E-state index is 0.252. The van der Waals surface area contributed by atoms with E-state index in [1.54, 1.807) is 30.3 Å². The number of nitrogens with one attached hydrogen (secondary N) is 2. The standard InChI is InChI=1S/C16H15Cl2N3OS/c1-9-7-11(3-6-15(9)22)10(2)20-21-16(23)19-14-8-12(17)4-5-13(14)18/h3-8,22H,1-2H3,(H2,19,21,23). The van der Waals surface area contributed by atoms with Crippen LogP contribution in [-0.2, 0) is 0 Å². The Kier molecular flexibility index (Phi) is 5.82. The molecule has 0 atom stereocenters. The molecule has 23 heavy (non-hydrogen) atoms. The van der Waals surface area contributed by atoms with Gasteiger partial charge < -0.3 is 10.4 Å². The van der Waals surface area contributed by atoms with E-state index in [0.29, 0.717) is 20.8 Å². The zero-order chi connectivity index (χ0) is 17.0. The van der Waals surface area contributed by atoms with Gasteiger partial charge in [0.25, 0.3) is 0 Å². The number of hydrazone groups is 1. The molecule has 2 rings (SSSR count). The van der Waals surface area contributed by atoms with E-state index in [9.17, 15) is 5.11 Å². The van der Waals surface area contributed by atoms with Crippen molar-refractivity contribution in [1.82, 2.24) is 5.43 Å². The lowest BCUT2D eigenvalue weighted by Gasteiger charge is -2.10. The van der Waals surface area contributed by atoms with Gasteiger partial charge in [-0.15, -0.1) is 0 Å². The van der Waals surface area contributed by atoms with Crippen molar-refractivity contribution < 1.29 is 5.11 Å². The van der Waals surface area contributed by atoms with Crippen LogP contribution in [0.4, 0.5) is 5.69 Å². The Balaban J connectivity index is 2.05. The van der Waals surface area contributed by atoms with E-state index < -0.39 is 0 Å². The summed E-state index contributed by atoms with van der Waals surface area (Å²) in [6.45, 7) is 3.67. The highest BCUT2D eigenvalue weighted by Gasteiger charge is 2.05. The van der Waals surface area contributed by atoms with Crippen LogP contribution in [0.15, 0.2) is 41.5 Å². The molecule has 0 saturated heterocycles. The zero-order valence-corrected chi connectivity index (χ0v) is 14.9. The highest BCUT2D eigenvalue weighted by atomic mass is 35.5. The normalized spacial score (nSPS) is 11.2. The summed E-state index contributed by atoms with van der Waals surface area (Å²) in [7, 11) is 0. The van der Waals surface area contributed by atoms with Gasteiger partial charge in [0.2, 0.25) is 0 Å². The first-order valence-electron chi connectivity index (χ1n) is 6.73. The number of halogens is 2. The second-order valence-corrected chi connectivity index (χ2v) is 6.14. The number of hydrogen-bond acceptors (Lipinski definition) is 3. The van der Waals surface area contributed by atoms with Crippen molar-refractivity contribution in [2.75, 3.05) is 5.32 Å². The highest BCUT2D eigenvalue weighted by Crippen LogP contribution is 2.25. The first-order chi connectivity index (χ1) is 10.9. The van der Waals surface area contributed by atoms with Crippen molar-refractivity contribution >= 4 is 51.9 Å². The molecule has 7 heteroatoms. The Labute approximate surface area is 150 Å². The minimum atomic E-state index is 0.252. The molecule has 0 amide bonds. The van der Waals surface area contributed by atoms with Crippen molar-refractivity contribution in [3.63, 3.8) is 0 Å². The first-order valence-corrected chi connectivity index (χ1v) is 7.89. The van der Waals surface area contributed by atoms with E-state index in [1.165, 1.54) is 0 Å². The van der Waals surface area contributed by atoms with Crippen LogP contribution >= 0.6 is 35.4 Å². The predicted molar refractivity (Wildman–Crippen MR) is 101 cm³/mol. The van der Waals surface area contributed by atoms with Gasteiger partial charge in [0, 0.05) is 5.02 Å². The number of nitrogens with zero attached hydrogens (tertiary/aromatic N) is 1. The molecule has 0 radical (unpaired) electrons. The molecule has 0 aromatic heterocycles. The molecule has 0 spiro atoms. The summed E-state index contributed by atoms with van der Waals surface area (Å²) < 4.78 is 0. The average Bonchev–Trinajstić information content (AvgIpc) is 2.51. The lowest BCUT2D eigenvalue weighted by molar-refractivity contribution is 0.471. The van der Waals surface area contributed by atoms with Crippen molar-refractivity contribution in [3.8, 4) is 5.75 Å². The van der Waals surface area contributed by atoms with Crippen LogP contribution in [0.25, 0.3) is 0 Å².